The molecule has 0 radical (unpaired) electrons. The molecule has 0 nitrogen and oxygen atoms in total. The zero-order valence-corrected chi connectivity index (χ0v) is 11.7. The number of benzene rings is 2. The molecule has 0 aliphatic rings. The molecule has 1 heteroatoms. The van der Waals surface area contributed by atoms with Crippen molar-refractivity contribution in [2.45, 2.75) is 27.7 Å². The molecular weight excluding hydrogens is 228 g/mol. The molecule has 0 atom stereocenters. The van der Waals surface area contributed by atoms with Crippen molar-refractivity contribution >= 4 is 11.6 Å². The summed E-state index contributed by atoms with van der Waals surface area (Å²) in [6, 6.07) is 14.4. The minimum atomic E-state index is 0.887. The Labute approximate surface area is 109 Å². The van der Waals surface area contributed by atoms with Crippen LogP contribution in [-0.2, 0) is 0 Å². The summed E-state index contributed by atoms with van der Waals surface area (Å²) in [5, 5.41) is 0.887. The van der Waals surface area contributed by atoms with Crippen molar-refractivity contribution in [3.8, 4) is 0 Å². The van der Waals surface area contributed by atoms with E-state index in [0.29, 0.717) is 0 Å². The van der Waals surface area contributed by atoms with Crippen LogP contribution in [-0.4, -0.2) is 0 Å². The first-order valence-electron chi connectivity index (χ1n) is 5.76. The Morgan fingerprint density at radius 3 is 1.24 bits per heavy atom. The second-order valence-corrected chi connectivity index (χ2v) is 4.67. The predicted octanol–water partition coefficient (Wildman–Crippen LogP) is 5.26. The number of halogens is 1. The van der Waals surface area contributed by atoms with Gasteiger partial charge in [-0.15, -0.1) is 0 Å². The molecule has 0 saturated carbocycles. The molecule has 0 bridgehead atoms. The molecule has 0 spiro atoms. The molecule has 2 aromatic carbocycles. The van der Waals surface area contributed by atoms with E-state index in [9.17, 15) is 0 Å². The Kier molecular flexibility index (Phi) is 5.24. The number of hydrogen-bond donors (Lipinski definition) is 0. The van der Waals surface area contributed by atoms with Crippen LogP contribution in [0.4, 0.5) is 0 Å². The lowest BCUT2D eigenvalue weighted by molar-refractivity contribution is 1.34. The second-order valence-electron chi connectivity index (χ2n) is 4.29. The summed E-state index contributed by atoms with van der Waals surface area (Å²) in [7, 11) is 0. The molecule has 0 heterocycles. The van der Waals surface area contributed by atoms with Crippen LogP contribution in [0.25, 0.3) is 0 Å². The van der Waals surface area contributed by atoms with Gasteiger partial charge in [0.15, 0.2) is 0 Å². The summed E-state index contributed by atoms with van der Waals surface area (Å²) in [5.74, 6) is 0. The average Bonchev–Trinajstić information content (AvgIpc) is 2.31. The zero-order chi connectivity index (χ0) is 12.8. The lowest BCUT2D eigenvalue weighted by Crippen LogP contribution is -1.77. The van der Waals surface area contributed by atoms with Crippen molar-refractivity contribution < 1.29 is 0 Å². The topological polar surface area (TPSA) is 0 Å². The van der Waals surface area contributed by atoms with E-state index < -0.39 is 0 Å². The lowest BCUT2D eigenvalue weighted by atomic mass is 10.1. The second kappa shape index (κ2) is 6.46. The molecule has 2 aromatic rings. The predicted molar refractivity (Wildman–Crippen MR) is 76.8 cm³/mol. The number of hydrogen-bond acceptors (Lipinski definition) is 0. The molecule has 90 valence electrons. The number of aryl methyl sites for hydroxylation is 4. The van der Waals surface area contributed by atoms with E-state index in [1.54, 1.807) is 0 Å². The summed E-state index contributed by atoms with van der Waals surface area (Å²) in [6.07, 6.45) is 0. The van der Waals surface area contributed by atoms with E-state index in [4.69, 9.17) is 11.6 Å². The Morgan fingerprint density at radius 2 is 0.941 bits per heavy atom. The maximum atomic E-state index is 5.88. The summed E-state index contributed by atoms with van der Waals surface area (Å²) in [4.78, 5) is 0. The van der Waals surface area contributed by atoms with E-state index >= 15 is 0 Å². The third-order valence-electron chi connectivity index (χ3n) is 2.81. The molecular formula is C16H19Cl. The van der Waals surface area contributed by atoms with Gasteiger partial charge in [-0.2, -0.15) is 0 Å². The fraction of sp³-hybridized carbons (Fsp3) is 0.250. The van der Waals surface area contributed by atoms with Crippen LogP contribution in [0.3, 0.4) is 0 Å². The van der Waals surface area contributed by atoms with Crippen molar-refractivity contribution in [3.05, 3.63) is 69.7 Å². The van der Waals surface area contributed by atoms with Crippen LogP contribution >= 0.6 is 11.6 Å². The highest BCUT2D eigenvalue weighted by Gasteiger charge is 1.94. The Balaban J connectivity index is 0.000000171. The molecule has 0 aliphatic carbocycles. The summed E-state index contributed by atoms with van der Waals surface area (Å²) in [5.41, 5.74) is 5.04. The first-order valence-corrected chi connectivity index (χ1v) is 6.14. The van der Waals surface area contributed by atoms with Crippen molar-refractivity contribution in [1.29, 1.82) is 0 Å². The van der Waals surface area contributed by atoms with Crippen LogP contribution in [0.2, 0.25) is 5.02 Å². The smallest absolute Gasteiger partial charge is 0.0464 e. The average molecular weight is 247 g/mol. The quantitative estimate of drug-likeness (QED) is 0.595. The SMILES string of the molecule is Cc1cccc(C)c1Cl.Cc1ccccc1C. The van der Waals surface area contributed by atoms with Gasteiger partial charge in [-0.25, -0.2) is 0 Å². The normalized spacial score (nSPS) is 9.47. The Bertz CT molecular complexity index is 445. The van der Waals surface area contributed by atoms with Crippen LogP contribution in [0.5, 0.6) is 0 Å². The van der Waals surface area contributed by atoms with Gasteiger partial charge in [0.25, 0.3) is 0 Å². The largest absolute Gasteiger partial charge is 0.0838 e. The monoisotopic (exact) mass is 246 g/mol. The first kappa shape index (κ1) is 13.8. The third kappa shape index (κ3) is 4.24. The van der Waals surface area contributed by atoms with Crippen molar-refractivity contribution in [2.24, 2.45) is 0 Å². The standard InChI is InChI=1S/C8H9Cl.C8H10/c1-6-4-3-5-7(2)8(6)9;1-7-5-3-4-6-8(7)2/h3-5H,1-2H3;3-6H,1-2H3. The van der Waals surface area contributed by atoms with Gasteiger partial charge in [-0.05, 0) is 49.9 Å². The van der Waals surface area contributed by atoms with Gasteiger partial charge in [0.2, 0.25) is 0 Å². The van der Waals surface area contributed by atoms with Gasteiger partial charge in [-0.3, -0.25) is 0 Å². The van der Waals surface area contributed by atoms with Crippen LogP contribution in [0.1, 0.15) is 22.3 Å². The van der Waals surface area contributed by atoms with Crippen molar-refractivity contribution in [1.82, 2.24) is 0 Å². The van der Waals surface area contributed by atoms with E-state index in [1.807, 2.05) is 32.0 Å². The summed E-state index contributed by atoms with van der Waals surface area (Å²) < 4.78 is 0. The molecule has 17 heavy (non-hydrogen) atoms. The maximum Gasteiger partial charge on any atom is 0.0464 e. The van der Waals surface area contributed by atoms with Gasteiger partial charge in [0, 0.05) is 5.02 Å². The van der Waals surface area contributed by atoms with E-state index in [1.165, 1.54) is 11.1 Å². The van der Waals surface area contributed by atoms with Crippen LogP contribution in [0.15, 0.2) is 42.5 Å². The zero-order valence-electron chi connectivity index (χ0n) is 10.9. The van der Waals surface area contributed by atoms with Crippen LogP contribution in [0, 0.1) is 27.7 Å². The highest BCUT2D eigenvalue weighted by atomic mass is 35.5. The summed E-state index contributed by atoms with van der Waals surface area (Å²) >= 11 is 5.88. The van der Waals surface area contributed by atoms with E-state index in [2.05, 4.69) is 38.1 Å². The highest BCUT2D eigenvalue weighted by molar-refractivity contribution is 6.32. The molecule has 0 saturated heterocycles. The van der Waals surface area contributed by atoms with Gasteiger partial charge in [-0.1, -0.05) is 54.1 Å². The Morgan fingerprint density at radius 1 is 0.588 bits per heavy atom. The molecule has 2 rings (SSSR count). The Hall–Kier alpha value is -1.27. The third-order valence-corrected chi connectivity index (χ3v) is 3.41. The van der Waals surface area contributed by atoms with Crippen LogP contribution < -0.4 is 0 Å². The molecule has 0 aliphatic heterocycles. The van der Waals surface area contributed by atoms with E-state index in [0.717, 1.165) is 16.1 Å². The van der Waals surface area contributed by atoms with Crippen molar-refractivity contribution in [2.75, 3.05) is 0 Å². The molecule has 0 fully saturated rings. The van der Waals surface area contributed by atoms with Gasteiger partial charge >= 0.3 is 0 Å². The van der Waals surface area contributed by atoms with Gasteiger partial charge in [0.1, 0.15) is 0 Å². The minimum Gasteiger partial charge on any atom is -0.0838 e. The minimum absolute atomic E-state index is 0.887. The van der Waals surface area contributed by atoms with E-state index in [-0.39, 0.29) is 0 Å². The van der Waals surface area contributed by atoms with Gasteiger partial charge < -0.3 is 0 Å². The fourth-order valence-corrected chi connectivity index (χ4v) is 1.58. The first-order chi connectivity index (χ1) is 8.02. The maximum absolute atomic E-state index is 5.88. The fourth-order valence-electron chi connectivity index (χ4n) is 1.46. The number of rotatable bonds is 0. The molecule has 0 N–H and O–H groups in total. The summed E-state index contributed by atoms with van der Waals surface area (Å²) in [6.45, 7) is 8.26. The molecule has 0 aromatic heterocycles. The molecule has 0 amide bonds. The molecule has 0 unspecified atom stereocenters. The van der Waals surface area contributed by atoms with Gasteiger partial charge in [0.05, 0.1) is 0 Å². The van der Waals surface area contributed by atoms with Crippen molar-refractivity contribution in [3.63, 3.8) is 0 Å². The highest BCUT2D eigenvalue weighted by Crippen LogP contribution is 2.18. The lowest BCUT2D eigenvalue weighted by Gasteiger charge is -1.98.